The lowest BCUT2D eigenvalue weighted by molar-refractivity contribution is -0.154. The smallest absolute Gasteiger partial charge is 0.255 e. The molecule has 0 aliphatic carbocycles. The van der Waals surface area contributed by atoms with Crippen molar-refractivity contribution in [1.82, 2.24) is 45.3 Å². The van der Waals surface area contributed by atoms with E-state index in [0.717, 1.165) is 69.4 Å². The van der Waals surface area contributed by atoms with Gasteiger partial charge in [-0.15, -0.1) is 0 Å². The summed E-state index contributed by atoms with van der Waals surface area (Å²) < 4.78 is 40.9. The normalized spacial score (nSPS) is 31.3. The van der Waals surface area contributed by atoms with Crippen molar-refractivity contribution in [2.45, 2.75) is 170 Å². The van der Waals surface area contributed by atoms with Crippen LogP contribution in [0, 0.1) is 53.0 Å². The summed E-state index contributed by atoms with van der Waals surface area (Å²) in [4.78, 5) is 93.6. The minimum Gasteiger partial charge on any atom is -0.507 e. The van der Waals surface area contributed by atoms with Crippen LogP contribution in [-0.4, -0.2) is 193 Å². The zero-order valence-electron chi connectivity index (χ0n) is 56.5. The first-order valence-electron chi connectivity index (χ1n) is 36.8. The Morgan fingerprint density at radius 2 is 0.740 bits per heavy atom. The minimum absolute atomic E-state index is 0.0184. The number of benzene rings is 5. The molecule has 22 heteroatoms. The average Bonchev–Trinajstić information content (AvgIpc) is 0.755. The highest BCUT2D eigenvalue weighted by Crippen LogP contribution is 2.49. The highest BCUT2D eigenvalue weighted by molar-refractivity contribution is 6.31. The number of carbonyl (C=O) groups is 6. The standard InChI is InChI=1S/C28H31F2N3O3.C28H32FN3O3.C22H28ClN3O3/c29-18-6-7-19(22(30)14-18)16-5-10-25(34)21(13-16)27(35)31-23-8-9-24-20-4-2-12-32-11-1-3-17(26(20)32)15-33(24)28(23)36;29-20-8-5-17(6-9-20)18-7-12-25(33)22(15-18)27(34)30-23-10-11-24-21-4-2-14-31-13-1-3-19(26(21)31)16-32(24)28(23)35;23-14-5-8-19(27)16(11-14)21(28)24-17-6-7-18-15-4-2-10-25-9-1-3-13(20(15)25)12-26(18)22(17)29/h5-7,10,13-14,17,20,23-24,26,34H,1-4,8-9,11-12,15H2,(H,31,35);5-9,12,15,19,21,23-24,26,33H,1-4,10-11,13-14,16H2,(H,30,34);5,8,11,13,15,17-18,20,27H,1-4,6-7,9-10,12H2,(H,24,28)/t17-,20+,23?,24+,26-;19-,21+,23?,24+,26-;13-,15+,17?,18+,20-/m000/s1. The molecular formula is C78H91ClF3N9O9. The molecule has 6 N–H and O–H groups in total. The number of fused-ring (bicyclic) bond motifs is 6. The first-order valence-corrected chi connectivity index (χ1v) is 37.2. The first kappa shape index (κ1) is 68.1. The van der Waals surface area contributed by atoms with Crippen molar-refractivity contribution in [3.63, 3.8) is 0 Å². The van der Waals surface area contributed by atoms with E-state index < -0.39 is 47.5 Å². The van der Waals surface area contributed by atoms with Gasteiger partial charge in [-0.05, 0) is 274 Å². The van der Waals surface area contributed by atoms with Crippen LogP contribution in [-0.2, 0) is 14.4 Å². The SMILES string of the molecule is O=C(NC1CC[C@@H]2[C@H]3CCCN4CCC[C@@H](CN2C1=O)[C@@H]34)c1cc(-c2ccc(F)cc2)ccc1O.O=C(NC1CC[C@@H]2[C@H]3CCCN4CCC[C@@H](CN2C1=O)[C@@H]34)c1cc(-c2ccc(F)cc2F)ccc1O.O=C(NC1CC[C@@H]2[C@H]3CCCN4CCC[C@@H](CN2C1=O)[C@@H]34)c1cc(Cl)ccc1O. The fourth-order valence-corrected chi connectivity index (χ4v) is 21.0. The maximum atomic E-state index is 14.3. The lowest BCUT2D eigenvalue weighted by Gasteiger charge is -2.59. The van der Waals surface area contributed by atoms with E-state index in [1.807, 2.05) is 4.90 Å². The molecule has 12 aliphatic rings. The van der Waals surface area contributed by atoms with Gasteiger partial charge in [-0.2, -0.15) is 0 Å². The molecule has 17 rings (SSSR count). The number of hydrogen-bond donors (Lipinski definition) is 6. The molecule has 5 aromatic carbocycles. The third-order valence-electron chi connectivity index (χ3n) is 25.0. The van der Waals surface area contributed by atoms with E-state index in [2.05, 4.69) is 40.4 Å². The van der Waals surface area contributed by atoms with Crippen LogP contribution in [0.3, 0.4) is 0 Å². The molecular weight excluding hydrogens is 1300 g/mol. The Hall–Kier alpha value is -7.72. The molecule has 0 spiro atoms. The lowest BCUT2D eigenvalue weighted by Crippen LogP contribution is -2.69. The third kappa shape index (κ3) is 13.2. The number of piperidine rings is 12. The number of aromatic hydroxyl groups is 3. The molecule has 15 atom stereocenters. The topological polar surface area (TPSA) is 219 Å². The lowest BCUT2D eigenvalue weighted by atomic mass is 9.67. The van der Waals surface area contributed by atoms with E-state index in [-0.39, 0.29) is 75.1 Å². The van der Waals surface area contributed by atoms with E-state index in [9.17, 15) is 57.3 Å². The molecule has 0 aromatic heterocycles. The van der Waals surface area contributed by atoms with E-state index in [1.165, 1.54) is 164 Å². The summed E-state index contributed by atoms with van der Waals surface area (Å²) in [6.07, 6.45) is 18.8. The number of halogens is 4. The van der Waals surface area contributed by atoms with Crippen molar-refractivity contribution in [1.29, 1.82) is 0 Å². The molecule has 6 amide bonds. The quantitative estimate of drug-likeness (QED) is 0.0855. The second kappa shape index (κ2) is 28.6. The van der Waals surface area contributed by atoms with Crippen LogP contribution in [0.1, 0.15) is 147 Å². The van der Waals surface area contributed by atoms with Gasteiger partial charge in [0.2, 0.25) is 17.7 Å². The summed E-state index contributed by atoms with van der Waals surface area (Å²) in [6.45, 7) is 9.49. The number of rotatable bonds is 8. The molecule has 12 heterocycles. The van der Waals surface area contributed by atoms with Gasteiger partial charge in [0.25, 0.3) is 17.7 Å². The van der Waals surface area contributed by atoms with Crippen LogP contribution in [0.15, 0.2) is 97.1 Å². The molecule has 5 aromatic rings. The summed E-state index contributed by atoms with van der Waals surface area (Å²) >= 11 is 5.97. The minimum atomic E-state index is -0.757. The largest absolute Gasteiger partial charge is 0.507 e. The summed E-state index contributed by atoms with van der Waals surface area (Å²) in [7, 11) is 0. The van der Waals surface area contributed by atoms with Gasteiger partial charge in [0.15, 0.2) is 0 Å². The summed E-state index contributed by atoms with van der Waals surface area (Å²) in [6, 6.07) is 23.4. The molecule has 12 saturated heterocycles. The third-order valence-corrected chi connectivity index (χ3v) is 25.3. The maximum absolute atomic E-state index is 14.3. The number of hydrogen-bond acceptors (Lipinski definition) is 12. The summed E-state index contributed by atoms with van der Waals surface area (Å²) in [5, 5.41) is 39.7. The fourth-order valence-electron chi connectivity index (χ4n) is 20.8. The molecule has 0 radical (unpaired) electrons. The summed E-state index contributed by atoms with van der Waals surface area (Å²) in [5.41, 5.74) is 2.10. The highest BCUT2D eigenvalue weighted by atomic mass is 35.5. The number of nitrogens with zero attached hydrogens (tertiary/aromatic N) is 6. The van der Waals surface area contributed by atoms with Crippen LogP contribution < -0.4 is 16.0 Å². The van der Waals surface area contributed by atoms with Gasteiger partial charge < -0.3 is 46.0 Å². The molecule has 3 unspecified atom stereocenters. The zero-order chi connectivity index (χ0) is 69.2. The predicted octanol–water partition coefficient (Wildman–Crippen LogP) is 10.4. The summed E-state index contributed by atoms with van der Waals surface area (Å²) in [5.74, 6) is -0.587. The predicted molar refractivity (Wildman–Crippen MR) is 370 cm³/mol. The van der Waals surface area contributed by atoms with Gasteiger partial charge in [0.05, 0.1) is 16.7 Å². The van der Waals surface area contributed by atoms with Crippen molar-refractivity contribution < 1.29 is 57.3 Å². The van der Waals surface area contributed by atoms with E-state index >= 15 is 0 Å². The Bertz CT molecular complexity index is 3960. The average molecular weight is 1390 g/mol. The van der Waals surface area contributed by atoms with Gasteiger partial charge in [-0.3, -0.25) is 43.5 Å². The number of carbonyl (C=O) groups excluding carboxylic acids is 6. The Kier molecular flexibility index (Phi) is 19.5. The van der Waals surface area contributed by atoms with Crippen LogP contribution in [0.4, 0.5) is 13.2 Å². The van der Waals surface area contributed by atoms with E-state index in [4.69, 9.17) is 11.6 Å². The molecule has 100 heavy (non-hydrogen) atoms. The van der Waals surface area contributed by atoms with Crippen molar-refractivity contribution in [2.75, 3.05) is 58.9 Å². The van der Waals surface area contributed by atoms with Gasteiger partial charge in [-0.25, -0.2) is 13.2 Å². The van der Waals surface area contributed by atoms with Crippen LogP contribution in [0.5, 0.6) is 17.2 Å². The number of nitrogens with one attached hydrogen (secondary N) is 3. The Labute approximate surface area is 586 Å². The Morgan fingerprint density at radius 3 is 1.15 bits per heavy atom. The highest BCUT2D eigenvalue weighted by Gasteiger charge is 2.56. The molecule has 12 fully saturated rings. The molecule has 18 nitrogen and oxygen atoms in total. The van der Waals surface area contributed by atoms with Gasteiger partial charge in [-0.1, -0.05) is 35.9 Å². The number of phenols is 3. The second-order valence-electron chi connectivity index (χ2n) is 30.4. The van der Waals surface area contributed by atoms with E-state index in [1.54, 1.807) is 24.3 Å². The fraction of sp³-hybridized carbons (Fsp3) is 0.538. The zero-order valence-corrected chi connectivity index (χ0v) is 57.2. The van der Waals surface area contributed by atoms with Crippen LogP contribution in [0.25, 0.3) is 22.3 Å². The Morgan fingerprint density at radius 1 is 0.390 bits per heavy atom. The monoisotopic (exact) mass is 1390 g/mol. The van der Waals surface area contributed by atoms with Gasteiger partial charge in [0, 0.05) is 72.5 Å². The van der Waals surface area contributed by atoms with Crippen molar-refractivity contribution >= 4 is 47.0 Å². The number of amides is 6. The number of phenolic OH excluding ortho intramolecular Hbond substituents is 3. The van der Waals surface area contributed by atoms with E-state index in [0.29, 0.717) is 95.1 Å². The molecule has 530 valence electrons. The molecule has 0 bridgehead atoms. The van der Waals surface area contributed by atoms with Crippen LogP contribution >= 0.6 is 11.6 Å². The van der Waals surface area contributed by atoms with Crippen LogP contribution in [0.2, 0.25) is 5.02 Å². The first-order chi connectivity index (χ1) is 48.4. The molecule has 12 aliphatic heterocycles. The van der Waals surface area contributed by atoms with Gasteiger partial charge in [0.1, 0.15) is 52.8 Å². The Balaban J connectivity index is 0.000000123. The van der Waals surface area contributed by atoms with Gasteiger partial charge >= 0.3 is 0 Å². The maximum Gasteiger partial charge on any atom is 0.255 e. The van der Waals surface area contributed by atoms with Crippen molar-refractivity contribution in [3.8, 4) is 39.5 Å². The van der Waals surface area contributed by atoms with Crippen molar-refractivity contribution in [2.24, 2.45) is 35.5 Å². The van der Waals surface area contributed by atoms with Crippen molar-refractivity contribution in [3.05, 3.63) is 136 Å². The molecule has 0 saturated carbocycles. The second-order valence-corrected chi connectivity index (χ2v) is 30.9.